The standard InChI is InChI=1S/C20H37N3O/c1-15(2)17(12-23(5)11-10-21)18(22)16-6-8-20(9-7-16)13-19(3,4)14-24-20/h16,22H,6-14,21H2,1-5H3. The predicted molar refractivity (Wildman–Crippen MR) is 102 cm³/mol. The van der Waals surface area contributed by atoms with Crippen LogP contribution in [0.5, 0.6) is 0 Å². The van der Waals surface area contributed by atoms with Gasteiger partial charge in [0, 0.05) is 31.3 Å². The largest absolute Gasteiger partial charge is 0.374 e. The van der Waals surface area contributed by atoms with E-state index in [1.807, 2.05) is 0 Å². The molecule has 0 aromatic rings. The summed E-state index contributed by atoms with van der Waals surface area (Å²) in [7, 11) is 2.09. The number of hydrogen-bond donors (Lipinski definition) is 2. The molecule has 2 rings (SSSR count). The monoisotopic (exact) mass is 335 g/mol. The lowest BCUT2D eigenvalue weighted by Gasteiger charge is -2.38. The van der Waals surface area contributed by atoms with E-state index >= 15 is 0 Å². The van der Waals surface area contributed by atoms with E-state index in [1.165, 1.54) is 17.6 Å². The fourth-order valence-electron chi connectivity index (χ4n) is 4.40. The summed E-state index contributed by atoms with van der Waals surface area (Å²) in [4.78, 5) is 2.23. The van der Waals surface area contributed by atoms with E-state index in [1.54, 1.807) is 0 Å². The summed E-state index contributed by atoms with van der Waals surface area (Å²) in [5, 5.41) is 8.78. The Morgan fingerprint density at radius 3 is 2.33 bits per heavy atom. The van der Waals surface area contributed by atoms with Crippen molar-refractivity contribution in [3.63, 3.8) is 0 Å². The third kappa shape index (κ3) is 4.68. The molecule has 0 atom stereocenters. The van der Waals surface area contributed by atoms with Crippen molar-refractivity contribution in [2.24, 2.45) is 17.1 Å². The topological polar surface area (TPSA) is 62.3 Å². The number of ether oxygens (including phenoxy) is 1. The van der Waals surface area contributed by atoms with E-state index < -0.39 is 0 Å². The maximum Gasteiger partial charge on any atom is 0.0689 e. The molecule has 1 spiro atoms. The molecule has 138 valence electrons. The van der Waals surface area contributed by atoms with Crippen molar-refractivity contribution in [1.29, 1.82) is 5.41 Å². The van der Waals surface area contributed by atoms with Gasteiger partial charge in [0.15, 0.2) is 0 Å². The lowest BCUT2D eigenvalue weighted by atomic mass is 9.71. The summed E-state index contributed by atoms with van der Waals surface area (Å²) in [5.41, 5.74) is 9.40. The summed E-state index contributed by atoms with van der Waals surface area (Å²) in [6, 6.07) is 0. The van der Waals surface area contributed by atoms with E-state index in [0.717, 1.165) is 51.1 Å². The molecule has 3 N–H and O–H groups in total. The maximum atomic E-state index is 8.78. The number of rotatable bonds is 6. The summed E-state index contributed by atoms with van der Waals surface area (Å²) < 4.78 is 6.22. The van der Waals surface area contributed by atoms with Crippen LogP contribution >= 0.6 is 0 Å². The van der Waals surface area contributed by atoms with Crippen molar-refractivity contribution >= 4 is 5.71 Å². The van der Waals surface area contributed by atoms with Gasteiger partial charge < -0.3 is 20.8 Å². The second-order valence-electron chi connectivity index (χ2n) is 9.01. The molecule has 1 saturated heterocycles. The third-order valence-corrected chi connectivity index (χ3v) is 5.74. The Bertz CT molecular complexity index is 483. The van der Waals surface area contributed by atoms with Crippen LogP contribution in [0.1, 0.15) is 59.8 Å². The SMILES string of the molecule is CC(C)=C(CN(C)CCN)C(=N)C1CCC2(CC1)CC(C)(C)CO2. The Labute approximate surface area is 148 Å². The van der Waals surface area contributed by atoms with Gasteiger partial charge >= 0.3 is 0 Å². The fourth-order valence-corrected chi connectivity index (χ4v) is 4.40. The Morgan fingerprint density at radius 2 is 1.88 bits per heavy atom. The van der Waals surface area contributed by atoms with Crippen LogP contribution in [0.4, 0.5) is 0 Å². The van der Waals surface area contributed by atoms with Crippen molar-refractivity contribution in [2.75, 3.05) is 33.3 Å². The summed E-state index contributed by atoms with van der Waals surface area (Å²) in [6.07, 6.45) is 5.57. The van der Waals surface area contributed by atoms with Crippen molar-refractivity contribution in [3.05, 3.63) is 11.1 Å². The molecule has 1 saturated carbocycles. The zero-order chi connectivity index (χ0) is 18.0. The van der Waals surface area contributed by atoms with Gasteiger partial charge in [0.2, 0.25) is 0 Å². The van der Waals surface area contributed by atoms with Crippen LogP contribution in [-0.2, 0) is 4.74 Å². The minimum atomic E-state index is 0.0990. The Morgan fingerprint density at radius 1 is 1.25 bits per heavy atom. The Hall–Kier alpha value is -0.710. The van der Waals surface area contributed by atoms with Crippen LogP contribution < -0.4 is 5.73 Å². The first kappa shape index (κ1) is 19.6. The van der Waals surface area contributed by atoms with Gasteiger partial charge in [-0.1, -0.05) is 19.4 Å². The minimum absolute atomic E-state index is 0.0990. The normalized spacial score (nSPS) is 29.2. The fraction of sp³-hybridized carbons (Fsp3) is 0.850. The first-order valence-electron chi connectivity index (χ1n) is 9.46. The van der Waals surface area contributed by atoms with Crippen molar-refractivity contribution in [2.45, 2.75) is 65.4 Å². The van der Waals surface area contributed by atoms with Crippen LogP contribution in [-0.4, -0.2) is 49.5 Å². The smallest absolute Gasteiger partial charge is 0.0689 e. The van der Waals surface area contributed by atoms with Gasteiger partial charge in [-0.15, -0.1) is 0 Å². The van der Waals surface area contributed by atoms with E-state index in [4.69, 9.17) is 15.9 Å². The van der Waals surface area contributed by atoms with Gasteiger partial charge in [-0.05, 0) is 64.0 Å². The first-order valence-corrected chi connectivity index (χ1v) is 9.46. The molecule has 24 heavy (non-hydrogen) atoms. The zero-order valence-corrected chi connectivity index (χ0v) is 16.4. The number of hydrogen-bond acceptors (Lipinski definition) is 4. The molecule has 1 heterocycles. The maximum absolute atomic E-state index is 8.78. The lowest BCUT2D eigenvalue weighted by molar-refractivity contribution is -0.0303. The molecule has 2 aliphatic rings. The average molecular weight is 336 g/mol. The lowest BCUT2D eigenvalue weighted by Crippen LogP contribution is -2.37. The summed E-state index contributed by atoms with van der Waals surface area (Å²) in [5.74, 6) is 0.388. The van der Waals surface area contributed by atoms with Gasteiger partial charge in [-0.3, -0.25) is 0 Å². The van der Waals surface area contributed by atoms with Crippen molar-refractivity contribution in [3.8, 4) is 0 Å². The quantitative estimate of drug-likeness (QED) is 0.729. The highest BCUT2D eigenvalue weighted by atomic mass is 16.5. The molecule has 0 bridgehead atoms. The molecule has 0 aromatic carbocycles. The molecule has 0 unspecified atom stereocenters. The molecular formula is C20H37N3O. The molecule has 0 amide bonds. The van der Waals surface area contributed by atoms with Crippen LogP contribution in [0.2, 0.25) is 0 Å². The van der Waals surface area contributed by atoms with Crippen molar-refractivity contribution < 1.29 is 4.74 Å². The van der Waals surface area contributed by atoms with Gasteiger partial charge in [-0.25, -0.2) is 0 Å². The molecule has 0 aromatic heterocycles. The summed E-state index contributed by atoms with van der Waals surface area (Å²) in [6.45, 7) is 12.1. The molecule has 4 nitrogen and oxygen atoms in total. The number of nitrogens with zero attached hydrogens (tertiary/aromatic N) is 1. The van der Waals surface area contributed by atoms with E-state index in [9.17, 15) is 0 Å². The van der Waals surface area contributed by atoms with Gasteiger partial charge in [0.1, 0.15) is 0 Å². The van der Waals surface area contributed by atoms with Gasteiger partial charge in [-0.2, -0.15) is 0 Å². The molecule has 1 aliphatic carbocycles. The number of nitrogens with two attached hydrogens (primary N) is 1. The van der Waals surface area contributed by atoms with Crippen LogP contribution in [0, 0.1) is 16.7 Å². The molecule has 4 heteroatoms. The van der Waals surface area contributed by atoms with E-state index in [-0.39, 0.29) is 5.60 Å². The Kier molecular flexibility index (Phi) is 6.27. The first-order chi connectivity index (χ1) is 11.2. The van der Waals surface area contributed by atoms with Crippen molar-refractivity contribution in [1.82, 2.24) is 4.90 Å². The predicted octanol–water partition coefficient (Wildman–Crippen LogP) is 3.61. The summed E-state index contributed by atoms with van der Waals surface area (Å²) >= 11 is 0. The highest BCUT2D eigenvalue weighted by Crippen LogP contribution is 2.48. The van der Waals surface area contributed by atoms with Crippen LogP contribution in [0.3, 0.4) is 0 Å². The average Bonchev–Trinajstić information content (AvgIpc) is 2.80. The second kappa shape index (κ2) is 7.67. The molecule has 2 fully saturated rings. The minimum Gasteiger partial charge on any atom is -0.374 e. The Balaban J connectivity index is 1.97. The zero-order valence-electron chi connectivity index (χ0n) is 16.4. The van der Waals surface area contributed by atoms with Crippen LogP contribution in [0.25, 0.3) is 0 Å². The molecule has 0 radical (unpaired) electrons. The van der Waals surface area contributed by atoms with E-state index in [0.29, 0.717) is 17.9 Å². The number of nitrogens with one attached hydrogen (secondary N) is 1. The van der Waals surface area contributed by atoms with Gasteiger partial charge in [0.05, 0.1) is 12.2 Å². The number of likely N-dealkylation sites (N-methyl/N-ethyl adjacent to an activating group) is 1. The molecule has 1 aliphatic heterocycles. The highest BCUT2D eigenvalue weighted by Gasteiger charge is 2.46. The van der Waals surface area contributed by atoms with Crippen LogP contribution in [0.15, 0.2) is 11.1 Å². The highest BCUT2D eigenvalue weighted by molar-refractivity contribution is 6.00. The van der Waals surface area contributed by atoms with Gasteiger partial charge in [0.25, 0.3) is 0 Å². The number of allylic oxidation sites excluding steroid dienone is 1. The second-order valence-corrected chi connectivity index (χ2v) is 9.01. The molecular weight excluding hydrogens is 298 g/mol. The third-order valence-electron chi connectivity index (χ3n) is 5.74. The van der Waals surface area contributed by atoms with E-state index in [2.05, 4.69) is 39.6 Å².